The molecule has 0 bridgehead atoms. The highest BCUT2D eigenvalue weighted by Crippen LogP contribution is 2.30. The Bertz CT molecular complexity index is 1400. The van der Waals surface area contributed by atoms with Crippen LogP contribution in [0.15, 0.2) is 41.6 Å². The Morgan fingerprint density at radius 1 is 1.00 bits per heavy atom. The SMILES string of the molecule is C[C@@]1(O)CCN(c2ccc(-n3ncc4c(=O)n(CC5(O)CCN(C(=O)C6CCCCC6)CC5)cnc43)cc2)C1. The third-order valence-electron chi connectivity index (χ3n) is 8.89. The van der Waals surface area contributed by atoms with Crippen molar-refractivity contribution in [3.8, 4) is 5.69 Å². The zero-order chi connectivity index (χ0) is 27.2. The summed E-state index contributed by atoms with van der Waals surface area (Å²) in [5.41, 5.74) is 0.316. The van der Waals surface area contributed by atoms with E-state index in [1.54, 1.807) is 4.68 Å². The predicted octanol–water partition coefficient (Wildman–Crippen LogP) is 2.48. The van der Waals surface area contributed by atoms with E-state index in [-0.39, 0.29) is 23.9 Å². The van der Waals surface area contributed by atoms with Gasteiger partial charge in [-0.1, -0.05) is 19.3 Å². The van der Waals surface area contributed by atoms with Crippen LogP contribution in [-0.4, -0.2) is 77.7 Å². The number of anilines is 1. The first-order valence-electron chi connectivity index (χ1n) is 14.2. The van der Waals surface area contributed by atoms with E-state index in [1.165, 1.54) is 23.5 Å². The van der Waals surface area contributed by atoms with Crippen molar-refractivity contribution >= 4 is 22.6 Å². The molecule has 39 heavy (non-hydrogen) atoms. The molecule has 2 saturated heterocycles. The second-order valence-electron chi connectivity index (χ2n) is 12.0. The Balaban J connectivity index is 1.14. The molecule has 6 rings (SSSR count). The van der Waals surface area contributed by atoms with Crippen molar-refractivity contribution in [2.45, 2.75) is 76.0 Å². The molecule has 10 nitrogen and oxygen atoms in total. The van der Waals surface area contributed by atoms with Gasteiger partial charge in [0.25, 0.3) is 5.56 Å². The number of amides is 1. The van der Waals surface area contributed by atoms with Crippen LogP contribution in [0.2, 0.25) is 0 Å². The van der Waals surface area contributed by atoms with Gasteiger partial charge in [-0.2, -0.15) is 5.10 Å². The van der Waals surface area contributed by atoms with Crippen molar-refractivity contribution < 1.29 is 15.0 Å². The van der Waals surface area contributed by atoms with Gasteiger partial charge in [0, 0.05) is 37.8 Å². The number of hydrogen-bond acceptors (Lipinski definition) is 7. The van der Waals surface area contributed by atoms with E-state index in [0.717, 1.165) is 50.0 Å². The summed E-state index contributed by atoms with van der Waals surface area (Å²) in [6.07, 6.45) is 10.0. The molecule has 2 aliphatic heterocycles. The first-order chi connectivity index (χ1) is 18.7. The zero-order valence-corrected chi connectivity index (χ0v) is 22.6. The number of carbonyl (C=O) groups is 1. The molecule has 208 valence electrons. The smallest absolute Gasteiger partial charge is 0.264 e. The molecule has 2 aromatic heterocycles. The second kappa shape index (κ2) is 10.1. The summed E-state index contributed by atoms with van der Waals surface area (Å²) in [4.78, 5) is 34.8. The number of nitrogens with zero attached hydrogens (tertiary/aromatic N) is 6. The highest BCUT2D eigenvalue weighted by atomic mass is 16.3. The molecule has 0 spiro atoms. The van der Waals surface area contributed by atoms with Crippen LogP contribution in [0, 0.1) is 5.92 Å². The Labute approximate surface area is 227 Å². The number of aliphatic hydroxyl groups is 2. The molecule has 1 aliphatic carbocycles. The molecule has 3 aromatic rings. The Morgan fingerprint density at radius 2 is 1.69 bits per heavy atom. The van der Waals surface area contributed by atoms with Gasteiger partial charge in [-0.15, -0.1) is 0 Å². The molecule has 2 N–H and O–H groups in total. The average molecular weight is 535 g/mol. The van der Waals surface area contributed by atoms with Gasteiger partial charge >= 0.3 is 0 Å². The van der Waals surface area contributed by atoms with E-state index in [9.17, 15) is 19.8 Å². The minimum atomic E-state index is -1.06. The lowest BCUT2D eigenvalue weighted by atomic mass is 9.86. The van der Waals surface area contributed by atoms with Crippen LogP contribution in [0.3, 0.4) is 0 Å². The molecule has 1 aromatic carbocycles. The third-order valence-corrected chi connectivity index (χ3v) is 8.89. The molecule has 0 radical (unpaired) electrons. The molecule has 1 atom stereocenters. The highest BCUT2D eigenvalue weighted by Gasteiger charge is 2.37. The Hall–Kier alpha value is -3.24. The van der Waals surface area contributed by atoms with Crippen LogP contribution in [0.5, 0.6) is 0 Å². The summed E-state index contributed by atoms with van der Waals surface area (Å²) in [5.74, 6) is 0.355. The summed E-state index contributed by atoms with van der Waals surface area (Å²) in [6, 6.07) is 7.86. The normalized spacial score (nSPS) is 24.0. The van der Waals surface area contributed by atoms with Gasteiger partial charge < -0.3 is 20.0 Å². The number of benzene rings is 1. The molecular formula is C29H38N6O4. The monoisotopic (exact) mass is 534 g/mol. The number of β-amino-alcohol motifs (C(OH)–C–C–N with tert-alkyl or cyclic N) is 1. The van der Waals surface area contributed by atoms with Crippen molar-refractivity contribution in [2.24, 2.45) is 5.92 Å². The number of hydrogen-bond donors (Lipinski definition) is 2. The number of fused-ring (bicyclic) bond motifs is 1. The average Bonchev–Trinajstić information content (AvgIpc) is 3.54. The van der Waals surface area contributed by atoms with Crippen LogP contribution in [0.4, 0.5) is 5.69 Å². The van der Waals surface area contributed by atoms with E-state index in [2.05, 4.69) is 15.0 Å². The van der Waals surface area contributed by atoms with Gasteiger partial charge in [0.05, 0.1) is 29.6 Å². The lowest BCUT2D eigenvalue weighted by Gasteiger charge is -2.40. The molecule has 0 unspecified atom stereocenters. The summed E-state index contributed by atoms with van der Waals surface area (Å²) in [7, 11) is 0. The maximum atomic E-state index is 13.3. The van der Waals surface area contributed by atoms with Gasteiger partial charge in [0.1, 0.15) is 11.7 Å². The van der Waals surface area contributed by atoms with E-state index in [1.807, 2.05) is 36.1 Å². The first-order valence-corrected chi connectivity index (χ1v) is 14.2. The maximum Gasteiger partial charge on any atom is 0.264 e. The quantitative estimate of drug-likeness (QED) is 0.517. The van der Waals surface area contributed by atoms with Crippen molar-refractivity contribution in [3.63, 3.8) is 0 Å². The predicted molar refractivity (Wildman–Crippen MR) is 148 cm³/mol. The molecule has 1 saturated carbocycles. The summed E-state index contributed by atoms with van der Waals surface area (Å²) >= 11 is 0. The van der Waals surface area contributed by atoms with E-state index in [4.69, 9.17) is 0 Å². The van der Waals surface area contributed by atoms with Gasteiger partial charge in [-0.25, -0.2) is 9.67 Å². The van der Waals surface area contributed by atoms with Gasteiger partial charge in [-0.05, 0) is 63.3 Å². The maximum absolute atomic E-state index is 13.3. The number of rotatable bonds is 5. The van der Waals surface area contributed by atoms with Gasteiger partial charge in [-0.3, -0.25) is 14.2 Å². The summed E-state index contributed by atoms with van der Waals surface area (Å²) in [6.45, 7) is 4.42. The van der Waals surface area contributed by atoms with Crippen molar-refractivity contribution in [2.75, 3.05) is 31.1 Å². The number of aromatic nitrogens is 4. The van der Waals surface area contributed by atoms with Crippen LogP contribution in [0.25, 0.3) is 16.7 Å². The largest absolute Gasteiger partial charge is 0.388 e. The van der Waals surface area contributed by atoms with E-state index < -0.39 is 11.2 Å². The molecule has 1 amide bonds. The number of likely N-dealkylation sites (tertiary alicyclic amines) is 1. The fraction of sp³-hybridized carbons (Fsp3) is 0.586. The van der Waals surface area contributed by atoms with Crippen molar-refractivity contribution in [1.82, 2.24) is 24.2 Å². The van der Waals surface area contributed by atoms with Crippen LogP contribution in [-0.2, 0) is 11.3 Å². The van der Waals surface area contributed by atoms with Crippen LogP contribution >= 0.6 is 0 Å². The lowest BCUT2D eigenvalue weighted by Crippen LogP contribution is -2.51. The molecule has 3 fully saturated rings. The van der Waals surface area contributed by atoms with Crippen molar-refractivity contribution in [1.29, 1.82) is 0 Å². The Morgan fingerprint density at radius 3 is 2.36 bits per heavy atom. The minimum absolute atomic E-state index is 0.128. The second-order valence-corrected chi connectivity index (χ2v) is 12.0. The number of carbonyl (C=O) groups excluding carboxylic acids is 1. The number of piperidine rings is 1. The Kier molecular flexibility index (Phi) is 6.71. The summed E-state index contributed by atoms with van der Waals surface area (Å²) in [5, 5.41) is 26.4. The van der Waals surface area contributed by atoms with Gasteiger partial charge in [0.15, 0.2) is 5.65 Å². The fourth-order valence-corrected chi connectivity index (χ4v) is 6.45. The van der Waals surface area contributed by atoms with Crippen LogP contribution < -0.4 is 10.5 Å². The third kappa shape index (κ3) is 5.19. The highest BCUT2D eigenvalue weighted by molar-refractivity contribution is 5.79. The standard InChI is InChI=1S/C29H38N6O4/c1-28(38)11-14-33(18-28)22-7-9-23(10-8-22)35-25-24(17-31-35)27(37)34(20-30-25)19-29(39)12-15-32(16-13-29)26(36)21-5-3-2-4-6-21/h7-10,17,20-21,38-39H,2-6,11-16,18-19H2,1H3/t28-/m1/s1. The van der Waals surface area contributed by atoms with Gasteiger partial charge in [0.2, 0.25) is 5.91 Å². The lowest BCUT2D eigenvalue weighted by molar-refractivity contribution is -0.141. The molecule has 10 heteroatoms. The minimum Gasteiger partial charge on any atom is -0.388 e. The topological polar surface area (TPSA) is 117 Å². The summed E-state index contributed by atoms with van der Waals surface area (Å²) < 4.78 is 3.12. The molecule has 3 aliphatic rings. The molecule has 4 heterocycles. The zero-order valence-electron chi connectivity index (χ0n) is 22.6. The van der Waals surface area contributed by atoms with E-state index >= 15 is 0 Å². The first kappa shape index (κ1) is 26.0. The van der Waals surface area contributed by atoms with E-state index in [0.29, 0.717) is 43.5 Å². The molecular weight excluding hydrogens is 496 g/mol. The van der Waals surface area contributed by atoms with Crippen LogP contribution in [0.1, 0.15) is 58.3 Å². The van der Waals surface area contributed by atoms with Crippen molar-refractivity contribution in [3.05, 3.63) is 47.1 Å². The fourth-order valence-electron chi connectivity index (χ4n) is 6.45.